The summed E-state index contributed by atoms with van der Waals surface area (Å²) in [5.41, 5.74) is 1.17. The van der Waals surface area contributed by atoms with Crippen LogP contribution in [-0.4, -0.2) is 29.9 Å². The van der Waals surface area contributed by atoms with Crippen molar-refractivity contribution in [1.82, 2.24) is 10.2 Å². The highest BCUT2D eigenvalue weighted by molar-refractivity contribution is 5.82. The summed E-state index contributed by atoms with van der Waals surface area (Å²) < 4.78 is 0. The molecule has 0 radical (unpaired) electrons. The van der Waals surface area contributed by atoms with Crippen LogP contribution in [0.4, 0.5) is 0 Å². The zero-order valence-electron chi connectivity index (χ0n) is 9.60. The summed E-state index contributed by atoms with van der Waals surface area (Å²) in [6.07, 6.45) is 0.249. The summed E-state index contributed by atoms with van der Waals surface area (Å²) in [7, 11) is 0. The molecule has 88 valence electrons. The number of carbonyl (C=O) groups excluding carboxylic acids is 1. The SMILES string of the molecule is N#CCC1C(=O)NCCN1Cc1ccccc1. The van der Waals surface area contributed by atoms with Gasteiger partial charge in [-0.15, -0.1) is 0 Å². The van der Waals surface area contributed by atoms with E-state index in [-0.39, 0.29) is 18.4 Å². The summed E-state index contributed by atoms with van der Waals surface area (Å²) in [6, 6.07) is 11.8. The summed E-state index contributed by atoms with van der Waals surface area (Å²) >= 11 is 0. The smallest absolute Gasteiger partial charge is 0.238 e. The van der Waals surface area contributed by atoms with E-state index in [1.165, 1.54) is 5.56 Å². The van der Waals surface area contributed by atoms with Crippen LogP contribution in [0.15, 0.2) is 30.3 Å². The standard InChI is InChI=1S/C13H15N3O/c14-7-6-12-13(17)15-8-9-16(12)10-11-4-2-1-3-5-11/h1-5,12H,6,8-10H2,(H,15,17). The molecular weight excluding hydrogens is 214 g/mol. The van der Waals surface area contributed by atoms with Crippen LogP contribution in [0.2, 0.25) is 0 Å². The molecule has 1 N–H and O–H groups in total. The van der Waals surface area contributed by atoms with Crippen molar-refractivity contribution in [3.8, 4) is 6.07 Å². The van der Waals surface area contributed by atoms with Crippen LogP contribution >= 0.6 is 0 Å². The number of hydrogen-bond donors (Lipinski definition) is 1. The van der Waals surface area contributed by atoms with E-state index in [0.29, 0.717) is 6.54 Å². The first-order valence-corrected chi connectivity index (χ1v) is 5.74. The summed E-state index contributed by atoms with van der Waals surface area (Å²) in [5.74, 6) is -0.0336. The molecule has 0 spiro atoms. The number of piperazine rings is 1. The van der Waals surface area contributed by atoms with Gasteiger partial charge in [0.1, 0.15) is 6.04 Å². The molecule has 1 aliphatic heterocycles. The Morgan fingerprint density at radius 1 is 1.41 bits per heavy atom. The number of amides is 1. The average Bonchev–Trinajstić information content (AvgIpc) is 2.35. The third-order valence-electron chi connectivity index (χ3n) is 2.95. The number of hydrogen-bond acceptors (Lipinski definition) is 3. The largest absolute Gasteiger partial charge is 0.353 e. The molecule has 17 heavy (non-hydrogen) atoms. The Kier molecular flexibility index (Phi) is 3.73. The fraction of sp³-hybridized carbons (Fsp3) is 0.385. The maximum absolute atomic E-state index is 11.7. The Labute approximate surface area is 101 Å². The van der Waals surface area contributed by atoms with Crippen LogP contribution in [-0.2, 0) is 11.3 Å². The van der Waals surface area contributed by atoms with Crippen molar-refractivity contribution in [3.63, 3.8) is 0 Å². The first-order valence-electron chi connectivity index (χ1n) is 5.74. The quantitative estimate of drug-likeness (QED) is 0.837. The molecular formula is C13H15N3O. The first-order chi connectivity index (χ1) is 8.31. The highest BCUT2D eigenvalue weighted by atomic mass is 16.2. The van der Waals surface area contributed by atoms with Crippen molar-refractivity contribution in [2.75, 3.05) is 13.1 Å². The summed E-state index contributed by atoms with van der Waals surface area (Å²) in [5, 5.41) is 11.6. The topological polar surface area (TPSA) is 56.1 Å². The van der Waals surface area contributed by atoms with Crippen molar-refractivity contribution in [2.24, 2.45) is 0 Å². The number of benzene rings is 1. The van der Waals surface area contributed by atoms with Gasteiger partial charge in [0.05, 0.1) is 12.5 Å². The number of nitrogens with one attached hydrogen (secondary N) is 1. The molecule has 1 fully saturated rings. The lowest BCUT2D eigenvalue weighted by Crippen LogP contribution is -2.54. The van der Waals surface area contributed by atoms with Gasteiger partial charge in [0.2, 0.25) is 5.91 Å². The molecule has 2 rings (SSSR count). The zero-order valence-corrected chi connectivity index (χ0v) is 9.60. The van der Waals surface area contributed by atoms with E-state index in [4.69, 9.17) is 5.26 Å². The second-order valence-corrected chi connectivity index (χ2v) is 4.13. The molecule has 1 aromatic rings. The summed E-state index contributed by atoms with van der Waals surface area (Å²) in [4.78, 5) is 13.7. The number of carbonyl (C=O) groups is 1. The number of nitriles is 1. The Hall–Kier alpha value is -1.86. The minimum atomic E-state index is -0.311. The molecule has 1 atom stereocenters. The van der Waals surface area contributed by atoms with E-state index in [9.17, 15) is 4.79 Å². The van der Waals surface area contributed by atoms with Crippen LogP contribution in [0.3, 0.4) is 0 Å². The molecule has 0 aromatic heterocycles. The fourth-order valence-corrected chi connectivity index (χ4v) is 2.08. The second kappa shape index (κ2) is 5.46. The first kappa shape index (κ1) is 11.6. The molecule has 1 aliphatic rings. The van der Waals surface area contributed by atoms with Crippen LogP contribution in [0.25, 0.3) is 0 Å². The maximum atomic E-state index is 11.7. The zero-order chi connectivity index (χ0) is 12.1. The third-order valence-corrected chi connectivity index (χ3v) is 2.95. The highest BCUT2D eigenvalue weighted by Crippen LogP contribution is 2.13. The van der Waals surface area contributed by atoms with Gasteiger partial charge in [-0.05, 0) is 5.56 Å². The lowest BCUT2D eigenvalue weighted by Gasteiger charge is -2.33. The molecule has 1 heterocycles. The molecule has 1 aromatic carbocycles. The van der Waals surface area contributed by atoms with E-state index < -0.39 is 0 Å². The molecule has 0 bridgehead atoms. The molecule has 0 saturated carbocycles. The van der Waals surface area contributed by atoms with Gasteiger partial charge in [-0.2, -0.15) is 5.26 Å². The van der Waals surface area contributed by atoms with Gasteiger partial charge in [0.15, 0.2) is 0 Å². The van der Waals surface area contributed by atoms with Gasteiger partial charge in [-0.25, -0.2) is 0 Å². The van der Waals surface area contributed by atoms with Crippen LogP contribution in [0, 0.1) is 11.3 Å². The van der Waals surface area contributed by atoms with E-state index in [1.807, 2.05) is 30.3 Å². The predicted molar refractivity (Wildman–Crippen MR) is 63.9 cm³/mol. The van der Waals surface area contributed by atoms with E-state index in [2.05, 4.69) is 16.3 Å². The lowest BCUT2D eigenvalue weighted by atomic mass is 10.1. The van der Waals surface area contributed by atoms with Gasteiger partial charge >= 0.3 is 0 Å². The molecule has 4 nitrogen and oxygen atoms in total. The summed E-state index contributed by atoms with van der Waals surface area (Å²) in [6.45, 7) is 2.18. The normalized spacial score (nSPS) is 20.6. The fourth-order valence-electron chi connectivity index (χ4n) is 2.08. The van der Waals surface area contributed by atoms with Crippen molar-refractivity contribution < 1.29 is 4.79 Å². The van der Waals surface area contributed by atoms with Gasteiger partial charge < -0.3 is 5.32 Å². The molecule has 0 aliphatic carbocycles. The lowest BCUT2D eigenvalue weighted by molar-refractivity contribution is -0.129. The minimum absolute atomic E-state index is 0.0336. The Morgan fingerprint density at radius 3 is 2.88 bits per heavy atom. The maximum Gasteiger partial charge on any atom is 0.238 e. The number of nitrogens with zero attached hydrogens (tertiary/aromatic N) is 2. The van der Waals surface area contributed by atoms with E-state index >= 15 is 0 Å². The number of rotatable bonds is 3. The molecule has 1 amide bonds. The van der Waals surface area contributed by atoms with Crippen molar-refractivity contribution in [2.45, 2.75) is 19.0 Å². The van der Waals surface area contributed by atoms with Gasteiger partial charge in [-0.3, -0.25) is 9.69 Å². The van der Waals surface area contributed by atoms with Crippen LogP contribution in [0.5, 0.6) is 0 Å². The van der Waals surface area contributed by atoms with Crippen LogP contribution in [0.1, 0.15) is 12.0 Å². The van der Waals surface area contributed by atoms with Crippen molar-refractivity contribution in [3.05, 3.63) is 35.9 Å². The molecule has 4 heteroatoms. The average molecular weight is 229 g/mol. The van der Waals surface area contributed by atoms with Crippen LogP contribution < -0.4 is 5.32 Å². The Morgan fingerprint density at radius 2 is 2.18 bits per heavy atom. The van der Waals surface area contributed by atoms with Crippen molar-refractivity contribution >= 4 is 5.91 Å². The van der Waals surface area contributed by atoms with Gasteiger partial charge in [0.25, 0.3) is 0 Å². The van der Waals surface area contributed by atoms with E-state index in [0.717, 1.165) is 13.1 Å². The highest BCUT2D eigenvalue weighted by Gasteiger charge is 2.29. The third kappa shape index (κ3) is 2.83. The Balaban J connectivity index is 2.08. The Bertz CT molecular complexity index is 424. The van der Waals surface area contributed by atoms with Gasteiger partial charge in [0, 0.05) is 19.6 Å². The second-order valence-electron chi connectivity index (χ2n) is 4.13. The predicted octanol–water partition coefficient (Wildman–Crippen LogP) is 0.901. The van der Waals surface area contributed by atoms with Crippen molar-refractivity contribution in [1.29, 1.82) is 5.26 Å². The van der Waals surface area contributed by atoms with E-state index in [1.54, 1.807) is 0 Å². The minimum Gasteiger partial charge on any atom is -0.353 e. The molecule has 1 saturated heterocycles. The monoisotopic (exact) mass is 229 g/mol. The van der Waals surface area contributed by atoms with Gasteiger partial charge in [-0.1, -0.05) is 30.3 Å². The molecule has 1 unspecified atom stereocenters.